The lowest BCUT2D eigenvalue weighted by Crippen LogP contribution is -2.53. The SMILES string of the molecule is CC1(C)CSCC(C2CC2)N1. The zero-order valence-corrected chi connectivity index (χ0v) is 8.21. The zero-order chi connectivity index (χ0) is 7.90. The van der Waals surface area contributed by atoms with Crippen LogP contribution in [0.15, 0.2) is 0 Å². The Labute approximate surface area is 73.3 Å². The van der Waals surface area contributed by atoms with Crippen molar-refractivity contribution >= 4 is 11.8 Å². The number of hydrogen-bond donors (Lipinski definition) is 1. The van der Waals surface area contributed by atoms with Crippen LogP contribution >= 0.6 is 11.8 Å². The van der Waals surface area contributed by atoms with Crippen molar-refractivity contribution in [2.45, 2.75) is 38.3 Å². The second kappa shape index (κ2) is 2.67. The summed E-state index contributed by atoms with van der Waals surface area (Å²) in [7, 11) is 0. The molecule has 0 amide bonds. The van der Waals surface area contributed by atoms with Crippen molar-refractivity contribution in [2.75, 3.05) is 11.5 Å². The Kier molecular flexibility index (Phi) is 1.92. The minimum absolute atomic E-state index is 0.385. The molecule has 0 radical (unpaired) electrons. The minimum Gasteiger partial charge on any atom is -0.307 e. The highest BCUT2D eigenvalue weighted by atomic mass is 32.2. The molecule has 64 valence electrons. The van der Waals surface area contributed by atoms with Crippen LogP contribution in [0.3, 0.4) is 0 Å². The van der Waals surface area contributed by atoms with Crippen LogP contribution in [0, 0.1) is 5.92 Å². The molecule has 0 aromatic rings. The Morgan fingerprint density at radius 1 is 1.36 bits per heavy atom. The van der Waals surface area contributed by atoms with Gasteiger partial charge in [-0.15, -0.1) is 0 Å². The molecule has 0 aromatic heterocycles. The van der Waals surface area contributed by atoms with E-state index in [0.29, 0.717) is 5.54 Å². The Balaban J connectivity index is 1.92. The summed E-state index contributed by atoms with van der Waals surface area (Å²) in [6.45, 7) is 4.63. The second-order valence-electron chi connectivity index (χ2n) is 4.49. The quantitative estimate of drug-likeness (QED) is 0.646. The van der Waals surface area contributed by atoms with E-state index in [-0.39, 0.29) is 0 Å². The van der Waals surface area contributed by atoms with Gasteiger partial charge in [0.05, 0.1) is 0 Å². The number of hydrogen-bond acceptors (Lipinski definition) is 2. The van der Waals surface area contributed by atoms with Gasteiger partial charge in [-0.3, -0.25) is 0 Å². The highest BCUT2D eigenvalue weighted by Crippen LogP contribution is 2.37. The van der Waals surface area contributed by atoms with Gasteiger partial charge in [-0.05, 0) is 32.6 Å². The molecule has 2 heteroatoms. The van der Waals surface area contributed by atoms with E-state index in [1.165, 1.54) is 24.3 Å². The summed E-state index contributed by atoms with van der Waals surface area (Å²) in [6, 6.07) is 0.823. The Morgan fingerprint density at radius 3 is 2.64 bits per heavy atom. The lowest BCUT2D eigenvalue weighted by molar-refractivity contribution is 0.348. The molecule has 1 heterocycles. The monoisotopic (exact) mass is 171 g/mol. The molecule has 1 aliphatic carbocycles. The number of thioether (sulfide) groups is 1. The molecule has 11 heavy (non-hydrogen) atoms. The molecule has 2 aliphatic rings. The molecule has 0 spiro atoms. The van der Waals surface area contributed by atoms with Gasteiger partial charge in [0, 0.05) is 23.1 Å². The summed E-state index contributed by atoms with van der Waals surface area (Å²) in [5, 5.41) is 3.73. The van der Waals surface area contributed by atoms with Crippen LogP contribution in [-0.2, 0) is 0 Å². The summed E-state index contributed by atoms with van der Waals surface area (Å²) < 4.78 is 0. The Bertz CT molecular complexity index is 152. The molecule has 1 nitrogen and oxygen atoms in total. The number of rotatable bonds is 1. The van der Waals surface area contributed by atoms with Crippen LogP contribution in [0.1, 0.15) is 26.7 Å². The highest BCUT2D eigenvalue weighted by molar-refractivity contribution is 7.99. The molecule has 1 saturated carbocycles. The summed E-state index contributed by atoms with van der Waals surface area (Å²) in [6.07, 6.45) is 2.93. The standard InChI is InChI=1S/C9H17NS/c1-9(2)6-11-5-8(10-9)7-3-4-7/h7-8,10H,3-6H2,1-2H3. The first-order valence-corrected chi connectivity index (χ1v) is 5.68. The van der Waals surface area contributed by atoms with Gasteiger partial charge in [-0.2, -0.15) is 11.8 Å². The molecule has 1 aliphatic heterocycles. The molecule has 1 atom stereocenters. The predicted molar refractivity (Wildman–Crippen MR) is 51.1 cm³/mol. The zero-order valence-electron chi connectivity index (χ0n) is 7.39. The first-order chi connectivity index (χ1) is 5.17. The van der Waals surface area contributed by atoms with Gasteiger partial charge in [0.25, 0.3) is 0 Å². The summed E-state index contributed by atoms with van der Waals surface area (Å²) in [5.41, 5.74) is 0.385. The van der Waals surface area contributed by atoms with Crippen LogP contribution in [-0.4, -0.2) is 23.1 Å². The Hall–Kier alpha value is 0.310. The van der Waals surface area contributed by atoms with Gasteiger partial charge in [0.15, 0.2) is 0 Å². The average molecular weight is 171 g/mol. The van der Waals surface area contributed by atoms with Crippen LogP contribution in [0.4, 0.5) is 0 Å². The second-order valence-corrected chi connectivity index (χ2v) is 5.52. The molecule has 1 saturated heterocycles. The van der Waals surface area contributed by atoms with E-state index < -0.39 is 0 Å². The van der Waals surface area contributed by atoms with Crippen LogP contribution < -0.4 is 5.32 Å². The molecule has 1 N–H and O–H groups in total. The van der Waals surface area contributed by atoms with E-state index in [1.807, 2.05) is 0 Å². The third-order valence-electron chi connectivity index (χ3n) is 2.53. The van der Waals surface area contributed by atoms with E-state index in [0.717, 1.165) is 12.0 Å². The van der Waals surface area contributed by atoms with Gasteiger partial charge in [0.1, 0.15) is 0 Å². The number of nitrogens with one attached hydrogen (secondary N) is 1. The summed E-state index contributed by atoms with van der Waals surface area (Å²) in [4.78, 5) is 0. The summed E-state index contributed by atoms with van der Waals surface area (Å²) in [5.74, 6) is 3.63. The fourth-order valence-corrected chi connectivity index (χ4v) is 3.10. The smallest absolute Gasteiger partial charge is 0.0218 e. The highest BCUT2D eigenvalue weighted by Gasteiger charge is 2.37. The van der Waals surface area contributed by atoms with Gasteiger partial charge in [0.2, 0.25) is 0 Å². The van der Waals surface area contributed by atoms with Crippen molar-refractivity contribution in [2.24, 2.45) is 5.92 Å². The normalized spacial score (nSPS) is 37.1. The third-order valence-corrected chi connectivity index (χ3v) is 4.05. The maximum Gasteiger partial charge on any atom is 0.0218 e. The topological polar surface area (TPSA) is 12.0 Å². The van der Waals surface area contributed by atoms with Gasteiger partial charge < -0.3 is 5.32 Å². The molecule has 0 aromatic carbocycles. The summed E-state index contributed by atoms with van der Waals surface area (Å²) >= 11 is 2.12. The van der Waals surface area contributed by atoms with Crippen molar-refractivity contribution in [3.63, 3.8) is 0 Å². The molecular formula is C9H17NS. The largest absolute Gasteiger partial charge is 0.307 e. The molecule has 2 rings (SSSR count). The van der Waals surface area contributed by atoms with E-state index in [1.54, 1.807) is 0 Å². The fourth-order valence-electron chi connectivity index (χ4n) is 1.78. The molecule has 0 bridgehead atoms. The van der Waals surface area contributed by atoms with Crippen molar-refractivity contribution in [3.05, 3.63) is 0 Å². The maximum absolute atomic E-state index is 3.73. The van der Waals surface area contributed by atoms with Crippen molar-refractivity contribution in [3.8, 4) is 0 Å². The third kappa shape index (κ3) is 1.91. The van der Waals surface area contributed by atoms with Crippen LogP contribution in [0.25, 0.3) is 0 Å². The lowest BCUT2D eigenvalue weighted by Gasteiger charge is -2.36. The van der Waals surface area contributed by atoms with Gasteiger partial charge in [-0.25, -0.2) is 0 Å². The first kappa shape index (κ1) is 7.93. The molecular weight excluding hydrogens is 154 g/mol. The first-order valence-electron chi connectivity index (χ1n) is 4.53. The predicted octanol–water partition coefficient (Wildman–Crippen LogP) is 1.88. The molecule has 1 unspecified atom stereocenters. The molecule has 2 fully saturated rings. The minimum atomic E-state index is 0.385. The van der Waals surface area contributed by atoms with Crippen LogP contribution in [0.5, 0.6) is 0 Å². The maximum atomic E-state index is 3.73. The van der Waals surface area contributed by atoms with E-state index >= 15 is 0 Å². The van der Waals surface area contributed by atoms with Gasteiger partial charge >= 0.3 is 0 Å². The van der Waals surface area contributed by atoms with Crippen molar-refractivity contribution in [1.29, 1.82) is 0 Å². The lowest BCUT2D eigenvalue weighted by atomic mass is 10.0. The van der Waals surface area contributed by atoms with Crippen LogP contribution in [0.2, 0.25) is 0 Å². The average Bonchev–Trinajstić information content (AvgIpc) is 2.65. The van der Waals surface area contributed by atoms with E-state index in [4.69, 9.17) is 0 Å². The van der Waals surface area contributed by atoms with Crippen molar-refractivity contribution < 1.29 is 0 Å². The van der Waals surface area contributed by atoms with E-state index in [9.17, 15) is 0 Å². The van der Waals surface area contributed by atoms with E-state index in [2.05, 4.69) is 30.9 Å². The Morgan fingerprint density at radius 2 is 2.09 bits per heavy atom. The fraction of sp³-hybridized carbons (Fsp3) is 1.00. The van der Waals surface area contributed by atoms with Crippen molar-refractivity contribution in [1.82, 2.24) is 5.32 Å². The van der Waals surface area contributed by atoms with Gasteiger partial charge in [-0.1, -0.05) is 0 Å².